The third-order valence-electron chi connectivity index (χ3n) is 3.58. The van der Waals surface area contributed by atoms with Crippen molar-refractivity contribution in [2.75, 3.05) is 13.6 Å². The van der Waals surface area contributed by atoms with Crippen LogP contribution in [0.3, 0.4) is 0 Å². The maximum absolute atomic E-state index is 12.3. The first-order chi connectivity index (χ1) is 9.15. The zero-order valence-electron chi connectivity index (χ0n) is 11.4. The van der Waals surface area contributed by atoms with Crippen molar-refractivity contribution in [3.05, 3.63) is 22.4 Å². The van der Waals surface area contributed by atoms with Gasteiger partial charge in [-0.2, -0.15) is 0 Å². The Morgan fingerprint density at radius 1 is 1.58 bits per heavy atom. The average Bonchev–Trinajstić information content (AvgIpc) is 2.92. The van der Waals surface area contributed by atoms with Gasteiger partial charge in [0, 0.05) is 24.9 Å². The normalized spacial score (nSPS) is 23.5. The molecule has 0 spiro atoms. The molecule has 0 bridgehead atoms. The molecule has 2 atom stereocenters. The van der Waals surface area contributed by atoms with Crippen molar-refractivity contribution in [1.82, 2.24) is 10.2 Å². The molecule has 1 N–H and O–H groups in total. The fraction of sp³-hybridized carbons (Fsp3) is 0.571. The molecule has 104 valence electrons. The largest absolute Gasteiger partial charge is 0.356 e. The lowest BCUT2D eigenvalue weighted by Gasteiger charge is -2.37. The van der Waals surface area contributed by atoms with Crippen LogP contribution in [0, 0.1) is 5.92 Å². The molecule has 1 aliphatic heterocycles. The Bertz CT molecular complexity index is 444. The molecule has 0 aliphatic carbocycles. The number of hydrogen-bond donors (Lipinski definition) is 1. The first kappa shape index (κ1) is 14.1. The SMILES string of the molecule is CCCNC(=O)[C@H]1CCC(=O)N(C)[C@@H]1c1cccs1. The topological polar surface area (TPSA) is 49.4 Å². The van der Waals surface area contributed by atoms with Gasteiger partial charge in [-0.1, -0.05) is 13.0 Å². The van der Waals surface area contributed by atoms with Crippen LogP contribution in [0.25, 0.3) is 0 Å². The molecular formula is C14H20N2O2S. The van der Waals surface area contributed by atoms with Gasteiger partial charge in [0.15, 0.2) is 0 Å². The van der Waals surface area contributed by atoms with Gasteiger partial charge in [-0.3, -0.25) is 9.59 Å². The van der Waals surface area contributed by atoms with Crippen LogP contribution in [0.5, 0.6) is 0 Å². The van der Waals surface area contributed by atoms with E-state index in [0.29, 0.717) is 19.4 Å². The van der Waals surface area contributed by atoms with E-state index in [1.807, 2.05) is 24.4 Å². The summed E-state index contributed by atoms with van der Waals surface area (Å²) in [5.41, 5.74) is 0. The van der Waals surface area contributed by atoms with Crippen molar-refractivity contribution >= 4 is 23.2 Å². The molecule has 1 saturated heterocycles. The number of amides is 2. The Kier molecular flexibility index (Phi) is 4.58. The van der Waals surface area contributed by atoms with Crippen molar-refractivity contribution in [2.24, 2.45) is 5.92 Å². The smallest absolute Gasteiger partial charge is 0.225 e. The molecule has 5 heteroatoms. The summed E-state index contributed by atoms with van der Waals surface area (Å²) in [6, 6.07) is 3.86. The highest BCUT2D eigenvalue weighted by molar-refractivity contribution is 7.10. The van der Waals surface area contributed by atoms with Crippen molar-refractivity contribution in [3.8, 4) is 0 Å². The summed E-state index contributed by atoms with van der Waals surface area (Å²) >= 11 is 1.61. The van der Waals surface area contributed by atoms with Crippen LogP contribution in [0.4, 0.5) is 0 Å². The van der Waals surface area contributed by atoms with E-state index in [1.165, 1.54) is 0 Å². The lowest BCUT2D eigenvalue weighted by atomic mass is 9.87. The summed E-state index contributed by atoms with van der Waals surface area (Å²) in [4.78, 5) is 27.0. The van der Waals surface area contributed by atoms with E-state index in [4.69, 9.17) is 0 Å². The molecule has 2 rings (SSSR count). The molecule has 0 aromatic carbocycles. The van der Waals surface area contributed by atoms with Crippen molar-refractivity contribution < 1.29 is 9.59 Å². The lowest BCUT2D eigenvalue weighted by molar-refractivity contribution is -0.141. The first-order valence-electron chi connectivity index (χ1n) is 6.72. The van der Waals surface area contributed by atoms with Crippen LogP contribution < -0.4 is 5.32 Å². The Hall–Kier alpha value is -1.36. The molecule has 0 unspecified atom stereocenters. The summed E-state index contributed by atoms with van der Waals surface area (Å²) in [7, 11) is 1.80. The fourth-order valence-electron chi connectivity index (χ4n) is 2.54. The van der Waals surface area contributed by atoms with Gasteiger partial charge in [-0.25, -0.2) is 0 Å². The minimum Gasteiger partial charge on any atom is -0.356 e. The molecular weight excluding hydrogens is 260 g/mol. The fourth-order valence-corrected chi connectivity index (χ4v) is 3.47. The highest BCUT2D eigenvalue weighted by Crippen LogP contribution is 2.37. The average molecular weight is 280 g/mol. The lowest BCUT2D eigenvalue weighted by Crippen LogP contribution is -2.46. The van der Waals surface area contributed by atoms with Gasteiger partial charge in [0.2, 0.25) is 11.8 Å². The van der Waals surface area contributed by atoms with Crippen LogP contribution in [0.2, 0.25) is 0 Å². The third-order valence-corrected chi connectivity index (χ3v) is 4.52. The highest BCUT2D eigenvalue weighted by atomic mass is 32.1. The summed E-state index contributed by atoms with van der Waals surface area (Å²) in [6.07, 6.45) is 2.03. The second-order valence-electron chi connectivity index (χ2n) is 4.90. The molecule has 4 nitrogen and oxygen atoms in total. The van der Waals surface area contributed by atoms with Crippen LogP contribution in [-0.2, 0) is 9.59 Å². The summed E-state index contributed by atoms with van der Waals surface area (Å²) in [6.45, 7) is 2.73. The Morgan fingerprint density at radius 2 is 2.37 bits per heavy atom. The Balaban J connectivity index is 2.20. The van der Waals surface area contributed by atoms with Gasteiger partial charge in [-0.15, -0.1) is 11.3 Å². The number of likely N-dealkylation sites (tertiary alicyclic amines) is 1. The van der Waals surface area contributed by atoms with Crippen molar-refractivity contribution in [1.29, 1.82) is 0 Å². The van der Waals surface area contributed by atoms with E-state index in [1.54, 1.807) is 23.3 Å². The molecule has 1 aromatic heterocycles. The Morgan fingerprint density at radius 3 is 3.00 bits per heavy atom. The molecule has 1 aromatic rings. The number of hydrogen-bond acceptors (Lipinski definition) is 3. The number of nitrogens with zero attached hydrogens (tertiary/aromatic N) is 1. The quantitative estimate of drug-likeness (QED) is 0.919. The van der Waals surface area contributed by atoms with Gasteiger partial charge in [0.05, 0.1) is 12.0 Å². The molecule has 1 fully saturated rings. The predicted molar refractivity (Wildman–Crippen MR) is 75.9 cm³/mol. The van der Waals surface area contributed by atoms with Crippen LogP contribution in [0.1, 0.15) is 37.1 Å². The zero-order valence-corrected chi connectivity index (χ0v) is 12.2. The maximum atomic E-state index is 12.3. The third kappa shape index (κ3) is 2.97. The van der Waals surface area contributed by atoms with E-state index in [0.717, 1.165) is 11.3 Å². The van der Waals surface area contributed by atoms with Gasteiger partial charge in [0.1, 0.15) is 0 Å². The maximum Gasteiger partial charge on any atom is 0.225 e. The minimum absolute atomic E-state index is 0.0691. The molecule has 2 heterocycles. The minimum atomic E-state index is -0.132. The second-order valence-corrected chi connectivity index (χ2v) is 5.88. The van der Waals surface area contributed by atoms with Crippen molar-refractivity contribution in [2.45, 2.75) is 32.2 Å². The summed E-state index contributed by atoms with van der Waals surface area (Å²) in [5.74, 6) is 0.0606. The van der Waals surface area contributed by atoms with Gasteiger partial charge < -0.3 is 10.2 Å². The zero-order chi connectivity index (χ0) is 13.8. The van der Waals surface area contributed by atoms with E-state index < -0.39 is 0 Å². The summed E-state index contributed by atoms with van der Waals surface area (Å²) < 4.78 is 0. The van der Waals surface area contributed by atoms with Crippen LogP contribution in [0.15, 0.2) is 17.5 Å². The number of nitrogens with one attached hydrogen (secondary N) is 1. The number of carbonyl (C=O) groups excluding carboxylic acids is 2. The van der Waals surface area contributed by atoms with Gasteiger partial charge >= 0.3 is 0 Å². The van der Waals surface area contributed by atoms with E-state index in [-0.39, 0.29) is 23.8 Å². The van der Waals surface area contributed by atoms with Gasteiger partial charge in [-0.05, 0) is 24.3 Å². The predicted octanol–water partition coefficient (Wildman–Crippen LogP) is 2.18. The molecule has 1 aliphatic rings. The van der Waals surface area contributed by atoms with E-state index >= 15 is 0 Å². The second kappa shape index (κ2) is 6.19. The van der Waals surface area contributed by atoms with Gasteiger partial charge in [0.25, 0.3) is 0 Å². The standard InChI is InChI=1S/C14H20N2O2S/c1-3-8-15-14(18)10-6-7-12(17)16(2)13(10)11-5-4-9-19-11/h4-5,9-10,13H,3,6-8H2,1-2H3,(H,15,18)/t10-,13-/m0/s1. The number of rotatable bonds is 4. The number of piperidine rings is 1. The molecule has 19 heavy (non-hydrogen) atoms. The first-order valence-corrected chi connectivity index (χ1v) is 7.60. The molecule has 2 amide bonds. The summed E-state index contributed by atoms with van der Waals surface area (Å²) in [5, 5.41) is 4.95. The van der Waals surface area contributed by atoms with Crippen LogP contribution in [-0.4, -0.2) is 30.3 Å². The number of thiophene rings is 1. The molecule has 0 radical (unpaired) electrons. The molecule has 0 saturated carbocycles. The van der Waals surface area contributed by atoms with E-state index in [9.17, 15) is 9.59 Å². The highest BCUT2D eigenvalue weighted by Gasteiger charge is 2.39. The van der Waals surface area contributed by atoms with Crippen LogP contribution >= 0.6 is 11.3 Å². The monoisotopic (exact) mass is 280 g/mol. The number of carbonyl (C=O) groups is 2. The van der Waals surface area contributed by atoms with E-state index in [2.05, 4.69) is 5.32 Å². The van der Waals surface area contributed by atoms with Crippen molar-refractivity contribution in [3.63, 3.8) is 0 Å². The Labute approximate surface area is 117 Å².